The molecule has 0 aliphatic carbocycles. The molecule has 1 rings (SSSR count). The Labute approximate surface area is 122 Å². The minimum absolute atomic E-state index is 0.0498. The number of rotatable bonds is 8. The summed E-state index contributed by atoms with van der Waals surface area (Å²) < 4.78 is 0. The van der Waals surface area contributed by atoms with Crippen LogP contribution >= 0.6 is 11.8 Å². The first-order valence-electron chi connectivity index (χ1n) is 7.56. The summed E-state index contributed by atoms with van der Waals surface area (Å²) in [6.07, 6.45) is 5.61. The highest BCUT2D eigenvalue weighted by Gasteiger charge is 2.39. The number of hydrogen-bond acceptors (Lipinski definition) is 3. The highest BCUT2D eigenvalue weighted by Crippen LogP contribution is 2.22. The smallest absolute Gasteiger partial charge is 0.241 e. The third-order valence-electron chi connectivity index (χ3n) is 3.73. The van der Waals surface area contributed by atoms with Crippen molar-refractivity contribution in [2.24, 2.45) is 11.8 Å². The van der Waals surface area contributed by atoms with Crippen LogP contribution in [0.3, 0.4) is 0 Å². The van der Waals surface area contributed by atoms with E-state index in [1.54, 1.807) is 0 Å². The van der Waals surface area contributed by atoms with Crippen LogP contribution in [0.5, 0.6) is 0 Å². The SMILES string of the molecule is CCCCC1NC(C(C)C)N(CC(C)CSC)C1=O. The van der Waals surface area contributed by atoms with Gasteiger partial charge in [0, 0.05) is 6.54 Å². The number of thioether (sulfide) groups is 1. The van der Waals surface area contributed by atoms with E-state index in [0.29, 0.717) is 17.7 Å². The van der Waals surface area contributed by atoms with Crippen LogP contribution in [0.25, 0.3) is 0 Å². The molecule has 1 fully saturated rings. The van der Waals surface area contributed by atoms with E-state index >= 15 is 0 Å². The Hall–Kier alpha value is -0.220. The van der Waals surface area contributed by atoms with Crippen molar-refractivity contribution in [3.63, 3.8) is 0 Å². The molecule has 0 radical (unpaired) electrons. The van der Waals surface area contributed by atoms with Crippen LogP contribution < -0.4 is 5.32 Å². The molecule has 4 heteroatoms. The second kappa shape index (κ2) is 8.15. The van der Waals surface area contributed by atoms with Gasteiger partial charge in [-0.05, 0) is 30.3 Å². The zero-order valence-electron chi connectivity index (χ0n) is 13.1. The van der Waals surface area contributed by atoms with Crippen molar-refractivity contribution in [2.45, 2.75) is 59.2 Å². The number of carbonyl (C=O) groups is 1. The van der Waals surface area contributed by atoms with Crippen molar-refractivity contribution < 1.29 is 4.79 Å². The largest absolute Gasteiger partial charge is 0.325 e. The molecule has 19 heavy (non-hydrogen) atoms. The number of nitrogens with one attached hydrogen (secondary N) is 1. The molecule has 3 nitrogen and oxygen atoms in total. The molecule has 112 valence electrons. The van der Waals surface area contributed by atoms with Crippen LogP contribution in [-0.2, 0) is 4.79 Å². The van der Waals surface area contributed by atoms with Crippen LogP contribution in [0, 0.1) is 11.8 Å². The second-order valence-electron chi connectivity index (χ2n) is 6.10. The Morgan fingerprint density at radius 2 is 2.05 bits per heavy atom. The molecule has 1 aliphatic heterocycles. The molecule has 0 aromatic rings. The van der Waals surface area contributed by atoms with Crippen LogP contribution in [0.2, 0.25) is 0 Å². The van der Waals surface area contributed by atoms with Crippen molar-refractivity contribution >= 4 is 17.7 Å². The summed E-state index contributed by atoms with van der Waals surface area (Å²) in [5.41, 5.74) is 0. The van der Waals surface area contributed by atoms with Crippen molar-refractivity contribution in [2.75, 3.05) is 18.6 Å². The molecule has 0 aromatic heterocycles. The first kappa shape index (κ1) is 16.8. The number of nitrogens with zero attached hydrogens (tertiary/aromatic N) is 1. The van der Waals surface area contributed by atoms with Gasteiger partial charge < -0.3 is 4.90 Å². The van der Waals surface area contributed by atoms with Crippen molar-refractivity contribution in [3.8, 4) is 0 Å². The first-order chi connectivity index (χ1) is 9.01. The predicted octanol–water partition coefficient (Wildman–Crippen LogP) is 2.96. The van der Waals surface area contributed by atoms with Crippen molar-refractivity contribution in [1.82, 2.24) is 10.2 Å². The standard InChI is InChI=1S/C15H30N2OS/c1-6-7-8-13-15(18)17(9-12(4)10-19-5)14(16-13)11(2)3/h11-14,16H,6-10H2,1-5H3. The van der Waals surface area contributed by atoms with Gasteiger partial charge >= 0.3 is 0 Å². The van der Waals surface area contributed by atoms with E-state index in [9.17, 15) is 4.79 Å². The number of carbonyl (C=O) groups excluding carboxylic acids is 1. The minimum atomic E-state index is 0.0498. The van der Waals surface area contributed by atoms with Gasteiger partial charge in [-0.15, -0.1) is 0 Å². The van der Waals surface area contributed by atoms with E-state index in [1.807, 2.05) is 11.8 Å². The zero-order chi connectivity index (χ0) is 14.4. The maximum Gasteiger partial charge on any atom is 0.241 e. The van der Waals surface area contributed by atoms with Gasteiger partial charge in [0.2, 0.25) is 5.91 Å². The summed E-state index contributed by atoms with van der Waals surface area (Å²) in [4.78, 5) is 14.6. The summed E-state index contributed by atoms with van der Waals surface area (Å²) >= 11 is 1.86. The molecule has 1 N–H and O–H groups in total. The lowest BCUT2D eigenvalue weighted by Crippen LogP contribution is -2.43. The quantitative estimate of drug-likeness (QED) is 0.744. The van der Waals surface area contributed by atoms with E-state index in [1.165, 1.54) is 0 Å². The summed E-state index contributed by atoms with van der Waals surface area (Å²) in [5, 5.41) is 3.54. The molecule has 1 saturated heterocycles. The van der Waals surface area contributed by atoms with Gasteiger partial charge in [0.15, 0.2) is 0 Å². The summed E-state index contributed by atoms with van der Waals surface area (Å²) in [7, 11) is 0. The van der Waals surface area contributed by atoms with Crippen molar-refractivity contribution in [3.05, 3.63) is 0 Å². The van der Waals surface area contributed by atoms with Crippen LogP contribution in [0.1, 0.15) is 47.0 Å². The number of hydrogen-bond donors (Lipinski definition) is 1. The fourth-order valence-corrected chi connectivity index (χ4v) is 3.42. The van der Waals surface area contributed by atoms with Gasteiger partial charge in [-0.1, -0.05) is 40.5 Å². The fourth-order valence-electron chi connectivity index (χ4n) is 2.75. The summed E-state index contributed by atoms with van der Waals surface area (Å²) in [6.45, 7) is 9.69. The number of unbranched alkanes of at least 4 members (excludes halogenated alkanes) is 1. The molecule has 3 unspecified atom stereocenters. The second-order valence-corrected chi connectivity index (χ2v) is 7.01. The third kappa shape index (κ3) is 4.67. The molecule has 1 heterocycles. The lowest BCUT2D eigenvalue weighted by atomic mass is 10.1. The molecule has 3 atom stereocenters. The Morgan fingerprint density at radius 3 is 2.58 bits per heavy atom. The molecule has 0 bridgehead atoms. The highest BCUT2D eigenvalue weighted by molar-refractivity contribution is 7.98. The Morgan fingerprint density at radius 1 is 1.37 bits per heavy atom. The van der Waals surface area contributed by atoms with Gasteiger partial charge in [-0.2, -0.15) is 11.8 Å². The van der Waals surface area contributed by atoms with Crippen LogP contribution in [-0.4, -0.2) is 41.6 Å². The highest BCUT2D eigenvalue weighted by atomic mass is 32.2. The van der Waals surface area contributed by atoms with Crippen LogP contribution in [0.4, 0.5) is 0 Å². The number of amides is 1. The van der Waals surface area contributed by atoms with E-state index in [0.717, 1.165) is 31.6 Å². The molecule has 1 amide bonds. The van der Waals surface area contributed by atoms with E-state index in [-0.39, 0.29) is 12.2 Å². The van der Waals surface area contributed by atoms with Crippen molar-refractivity contribution in [1.29, 1.82) is 0 Å². The van der Waals surface area contributed by atoms with E-state index in [4.69, 9.17) is 0 Å². The van der Waals surface area contributed by atoms with E-state index < -0.39 is 0 Å². The topological polar surface area (TPSA) is 32.3 Å². The van der Waals surface area contributed by atoms with Gasteiger partial charge in [0.05, 0.1) is 12.2 Å². The fraction of sp³-hybridized carbons (Fsp3) is 0.933. The third-order valence-corrected chi connectivity index (χ3v) is 4.63. The maximum absolute atomic E-state index is 12.5. The van der Waals surface area contributed by atoms with Gasteiger partial charge in [-0.25, -0.2) is 0 Å². The average Bonchev–Trinajstić information content (AvgIpc) is 2.65. The molecule has 0 aromatic carbocycles. The average molecular weight is 286 g/mol. The Balaban J connectivity index is 2.66. The molecular weight excluding hydrogens is 256 g/mol. The Bertz CT molecular complexity index is 283. The lowest BCUT2D eigenvalue weighted by Gasteiger charge is -2.29. The van der Waals surface area contributed by atoms with Crippen LogP contribution in [0.15, 0.2) is 0 Å². The van der Waals surface area contributed by atoms with Gasteiger partial charge in [0.1, 0.15) is 0 Å². The molecule has 1 aliphatic rings. The predicted molar refractivity (Wildman–Crippen MR) is 84.3 cm³/mol. The maximum atomic E-state index is 12.5. The minimum Gasteiger partial charge on any atom is -0.325 e. The van der Waals surface area contributed by atoms with Gasteiger partial charge in [0.25, 0.3) is 0 Å². The van der Waals surface area contributed by atoms with Gasteiger partial charge in [-0.3, -0.25) is 10.1 Å². The first-order valence-corrected chi connectivity index (χ1v) is 8.96. The molecular formula is C15H30N2OS. The molecule has 0 spiro atoms. The van der Waals surface area contributed by atoms with E-state index in [2.05, 4.69) is 44.2 Å². The summed E-state index contributed by atoms with van der Waals surface area (Å²) in [5.74, 6) is 2.47. The zero-order valence-corrected chi connectivity index (χ0v) is 13.9. The molecule has 0 saturated carbocycles. The lowest BCUT2D eigenvalue weighted by molar-refractivity contribution is -0.131. The normalized spacial score (nSPS) is 25.4. The monoisotopic (exact) mass is 286 g/mol. The summed E-state index contributed by atoms with van der Waals surface area (Å²) in [6, 6.07) is 0.0498. The Kier molecular flexibility index (Phi) is 7.22.